The van der Waals surface area contributed by atoms with Gasteiger partial charge in [-0.3, -0.25) is 4.79 Å². The van der Waals surface area contributed by atoms with E-state index in [0.717, 1.165) is 17.7 Å². The normalized spacial score (nSPS) is 11.3. The van der Waals surface area contributed by atoms with Gasteiger partial charge in [0.2, 0.25) is 5.91 Å². The predicted molar refractivity (Wildman–Crippen MR) is 114 cm³/mol. The van der Waals surface area contributed by atoms with Gasteiger partial charge in [0, 0.05) is 18.6 Å². The van der Waals surface area contributed by atoms with Crippen LogP contribution in [0.4, 0.5) is 9.18 Å². The Kier molecular flexibility index (Phi) is 8.03. The first-order chi connectivity index (χ1) is 14.1. The van der Waals surface area contributed by atoms with Gasteiger partial charge in [-0.15, -0.1) is 0 Å². The molecule has 0 aliphatic heterocycles. The van der Waals surface area contributed by atoms with E-state index in [9.17, 15) is 14.0 Å². The van der Waals surface area contributed by atoms with Crippen LogP contribution >= 0.6 is 0 Å². The van der Waals surface area contributed by atoms with Gasteiger partial charge in [0.15, 0.2) is 0 Å². The molecule has 30 heavy (non-hydrogen) atoms. The Morgan fingerprint density at radius 1 is 1.03 bits per heavy atom. The molecule has 0 atom stereocenters. The highest BCUT2D eigenvalue weighted by atomic mass is 19.1. The fourth-order valence-corrected chi connectivity index (χ4v) is 2.99. The summed E-state index contributed by atoms with van der Waals surface area (Å²) < 4.78 is 18.9. The third kappa shape index (κ3) is 7.54. The highest BCUT2D eigenvalue weighted by Gasteiger charge is 2.24. The van der Waals surface area contributed by atoms with E-state index < -0.39 is 5.54 Å². The van der Waals surface area contributed by atoms with Gasteiger partial charge in [0.25, 0.3) is 0 Å². The zero-order chi connectivity index (χ0) is 22.3. The van der Waals surface area contributed by atoms with Crippen LogP contribution in [-0.2, 0) is 17.9 Å². The number of hydrogen-bond donors (Lipinski definition) is 1. The Labute approximate surface area is 178 Å². The van der Waals surface area contributed by atoms with E-state index in [1.54, 1.807) is 17.0 Å². The lowest BCUT2D eigenvalue weighted by Crippen LogP contribution is -2.51. The summed E-state index contributed by atoms with van der Waals surface area (Å²) in [5, 5.41) is 2.91. The number of aryl methyl sites for hydroxylation is 1. The van der Waals surface area contributed by atoms with Crippen molar-refractivity contribution in [3.05, 3.63) is 59.3 Å². The van der Waals surface area contributed by atoms with Gasteiger partial charge >= 0.3 is 6.03 Å². The van der Waals surface area contributed by atoms with Crippen LogP contribution in [0.15, 0.2) is 40.8 Å². The molecule has 3 amide bonds. The number of benzene rings is 1. The first-order valence-electron chi connectivity index (χ1n) is 10.2. The molecule has 1 heterocycles. The first kappa shape index (κ1) is 23.4. The van der Waals surface area contributed by atoms with Crippen molar-refractivity contribution in [1.82, 2.24) is 15.1 Å². The van der Waals surface area contributed by atoms with Crippen LogP contribution in [0.5, 0.6) is 0 Å². The van der Waals surface area contributed by atoms with Crippen molar-refractivity contribution < 1.29 is 18.4 Å². The van der Waals surface area contributed by atoms with Gasteiger partial charge < -0.3 is 19.5 Å². The molecule has 2 aromatic rings. The quantitative estimate of drug-likeness (QED) is 0.689. The van der Waals surface area contributed by atoms with Crippen molar-refractivity contribution in [2.75, 3.05) is 13.1 Å². The summed E-state index contributed by atoms with van der Waals surface area (Å²) in [6.07, 6.45) is 0.736. The highest BCUT2D eigenvalue weighted by Crippen LogP contribution is 2.14. The number of rotatable bonds is 8. The maximum atomic E-state index is 13.3. The number of halogens is 1. The van der Waals surface area contributed by atoms with E-state index in [1.807, 2.05) is 46.8 Å². The first-order valence-corrected chi connectivity index (χ1v) is 10.2. The molecular formula is C23H32FN3O3. The number of carbonyl (C=O) groups excluding carboxylic acids is 2. The second-order valence-electron chi connectivity index (χ2n) is 8.49. The maximum Gasteiger partial charge on any atom is 0.318 e. The van der Waals surface area contributed by atoms with Crippen molar-refractivity contribution in [2.45, 2.75) is 59.7 Å². The Balaban J connectivity index is 2.18. The lowest BCUT2D eigenvalue weighted by atomic mass is 10.1. The molecule has 6 nitrogen and oxygen atoms in total. The summed E-state index contributed by atoms with van der Waals surface area (Å²) >= 11 is 0. The second-order valence-corrected chi connectivity index (χ2v) is 8.49. The van der Waals surface area contributed by atoms with E-state index in [-0.39, 0.29) is 30.8 Å². The van der Waals surface area contributed by atoms with Crippen LogP contribution in [-0.4, -0.2) is 40.4 Å². The Morgan fingerprint density at radius 3 is 2.23 bits per heavy atom. The van der Waals surface area contributed by atoms with Crippen molar-refractivity contribution in [3.63, 3.8) is 0 Å². The minimum Gasteiger partial charge on any atom is -0.464 e. The Hall–Kier alpha value is -2.83. The molecule has 1 N–H and O–H groups in total. The van der Waals surface area contributed by atoms with Crippen LogP contribution < -0.4 is 5.32 Å². The summed E-state index contributed by atoms with van der Waals surface area (Å²) in [7, 11) is 0. The maximum absolute atomic E-state index is 13.3. The van der Waals surface area contributed by atoms with Crippen LogP contribution in [0.2, 0.25) is 0 Å². The fourth-order valence-electron chi connectivity index (χ4n) is 2.99. The van der Waals surface area contributed by atoms with Gasteiger partial charge in [-0.05, 0) is 63.9 Å². The number of amides is 3. The van der Waals surface area contributed by atoms with E-state index in [4.69, 9.17) is 4.42 Å². The number of carbonyl (C=O) groups is 2. The molecule has 0 saturated heterocycles. The smallest absolute Gasteiger partial charge is 0.318 e. The second kappa shape index (κ2) is 10.3. The third-order valence-electron chi connectivity index (χ3n) is 4.37. The van der Waals surface area contributed by atoms with Crippen molar-refractivity contribution >= 4 is 11.9 Å². The topological polar surface area (TPSA) is 65.8 Å². The lowest BCUT2D eigenvalue weighted by molar-refractivity contribution is -0.133. The van der Waals surface area contributed by atoms with E-state index >= 15 is 0 Å². The predicted octanol–water partition coefficient (Wildman–Crippen LogP) is 4.48. The van der Waals surface area contributed by atoms with E-state index in [1.165, 1.54) is 17.0 Å². The summed E-state index contributed by atoms with van der Waals surface area (Å²) in [4.78, 5) is 29.0. The van der Waals surface area contributed by atoms with Crippen LogP contribution in [0.3, 0.4) is 0 Å². The largest absolute Gasteiger partial charge is 0.464 e. The molecule has 0 unspecified atom stereocenters. The molecule has 164 valence electrons. The molecule has 1 aromatic heterocycles. The number of nitrogens with one attached hydrogen (secondary N) is 1. The Morgan fingerprint density at radius 2 is 1.70 bits per heavy atom. The average Bonchev–Trinajstić information content (AvgIpc) is 3.06. The van der Waals surface area contributed by atoms with Gasteiger partial charge in [0.05, 0.1) is 6.54 Å². The fraction of sp³-hybridized carbons (Fsp3) is 0.478. The molecule has 1 aromatic carbocycles. The zero-order valence-corrected chi connectivity index (χ0v) is 18.5. The Bertz CT molecular complexity index is 840. The monoisotopic (exact) mass is 417 g/mol. The van der Waals surface area contributed by atoms with E-state index in [2.05, 4.69) is 5.32 Å². The van der Waals surface area contributed by atoms with Crippen LogP contribution in [0.25, 0.3) is 0 Å². The van der Waals surface area contributed by atoms with Crippen molar-refractivity contribution in [3.8, 4) is 0 Å². The minimum absolute atomic E-state index is 0.0450. The molecule has 7 heteroatoms. The molecular weight excluding hydrogens is 385 g/mol. The van der Waals surface area contributed by atoms with Gasteiger partial charge in [-0.1, -0.05) is 19.1 Å². The summed E-state index contributed by atoms with van der Waals surface area (Å²) in [6.45, 7) is 10.5. The highest BCUT2D eigenvalue weighted by molar-refractivity contribution is 5.84. The standard InChI is InChI=1S/C23H32FN3O3/c1-6-13-26(22(29)25-23(3,4)5)16-21(28)27(15-20-12-7-17(2)30-20)14-18-8-10-19(24)11-9-18/h7-12H,6,13-16H2,1-5H3,(H,25,29). The lowest BCUT2D eigenvalue weighted by Gasteiger charge is -2.30. The van der Waals surface area contributed by atoms with Crippen LogP contribution in [0.1, 0.15) is 51.2 Å². The summed E-state index contributed by atoms with van der Waals surface area (Å²) in [6, 6.07) is 9.45. The average molecular weight is 418 g/mol. The molecule has 0 radical (unpaired) electrons. The SMILES string of the molecule is CCCN(CC(=O)N(Cc1ccc(F)cc1)Cc1ccc(C)o1)C(=O)NC(C)(C)C. The van der Waals surface area contributed by atoms with Gasteiger partial charge in [0.1, 0.15) is 23.9 Å². The minimum atomic E-state index is -0.397. The zero-order valence-electron chi connectivity index (χ0n) is 18.5. The molecule has 0 saturated carbocycles. The number of nitrogens with zero attached hydrogens (tertiary/aromatic N) is 2. The summed E-state index contributed by atoms with van der Waals surface area (Å²) in [5.74, 6) is 0.887. The van der Waals surface area contributed by atoms with Crippen molar-refractivity contribution in [1.29, 1.82) is 0 Å². The summed E-state index contributed by atoms with van der Waals surface area (Å²) in [5.41, 5.74) is 0.403. The van der Waals surface area contributed by atoms with Crippen LogP contribution in [0, 0.1) is 12.7 Å². The molecule has 0 spiro atoms. The van der Waals surface area contributed by atoms with E-state index in [0.29, 0.717) is 18.8 Å². The molecule has 0 bridgehead atoms. The molecule has 0 aliphatic rings. The molecule has 0 aliphatic carbocycles. The van der Waals surface area contributed by atoms with Gasteiger partial charge in [-0.25, -0.2) is 9.18 Å². The number of furan rings is 1. The van der Waals surface area contributed by atoms with Gasteiger partial charge in [-0.2, -0.15) is 0 Å². The number of hydrogen-bond acceptors (Lipinski definition) is 3. The number of urea groups is 1. The molecule has 2 rings (SSSR count). The molecule has 0 fully saturated rings. The third-order valence-corrected chi connectivity index (χ3v) is 4.37. The van der Waals surface area contributed by atoms with Crippen molar-refractivity contribution in [2.24, 2.45) is 0 Å².